The molecule has 2 aliphatic heterocycles. The maximum Gasteiger partial charge on any atom is 0.157 e. The molecule has 6 nitrogen and oxygen atoms in total. The first kappa shape index (κ1) is 17.2. The number of rotatable bonds is 5. The summed E-state index contributed by atoms with van der Waals surface area (Å²) in [6.45, 7) is 6.08. The van der Waals surface area contributed by atoms with E-state index >= 15 is 0 Å². The molecule has 0 N–H and O–H groups in total. The van der Waals surface area contributed by atoms with E-state index in [0.717, 1.165) is 0 Å². The molecule has 124 valence electrons. The van der Waals surface area contributed by atoms with Crippen molar-refractivity contribution in [3.8, 4) is 0 Å². The highest BCUT2D eigenvalue weighted by molar-refractivity contribution is 7.92. The van der Waals surface area contributed by atoms with Gasteiger partial charge in [0.1, 0.15) is 0 Å². The third kappa shape index (κ3) is 3.78. The van der Waals surface area contributed by atoms with E-state index < -0.39 is 25.2 Å². The van der Waals surface area contributed by atoms with Crippen molar-refractivity contribution in [2.24, 2.45) is 0 Å². The molecule has 0 aromatic rings. The lowest BCUT2D eigenvalue weighted by atomic mass is 10.1. The second kappa shape index (κ2) is 5.47. The summed E-state index contributed by atoms with van der Waals surface area (Å²) in [7, 11) is -4.28. The SMILES string of the molecule is CN1CC(S(=O)(=O)CC(C)(C)N2CCC(S(C)(=O)=O)C2)C1. The van der Waals surface area contributed by atoms with Crippen LogP contribution in [0, 0.1) is 0 Å². The van der Waals surface area contributed by atoms with Gasteiger partial charge in [-0.2, -0.15) is 0 Å². The molecule has 0 aromatic carbocycles. The maximum absolute atomic E-state index is 12.4. The van der Waals surface area contributed by atoms with Crippen LogP contribution in [-0.2, 0) is 19.7 Å². The minimum absolute atomic E-state index is 0.0923. The summed E-state index contributed by atoms with van der Waals surface area (Å²) in [6, 6.07) is 0. The van der Waals surface area contributed by atoms with Crippen LogP contribution >= 0.6 is 0 Å². The van der Waals surface area contributed by atoms with Crippen LogP contribution in [0.3, 0.4) is 0 Å². The molecule has 0 bridgehead atoms. The number of hydrogen-bond donors (Lipinski definition) is 0. The Bertz CT molecular complexity index is 592. The molecule has 0 aliphatic carbocycles. The quantitative estimate of drug-likeness (QED) is 0.680. The normalized spacial score (nSPS) is 27.0. The number of nitrogens with zero attached hydrogens (tertiary/aromatic N) is 2. The van der Waals surface area contributed by atoms with Crippen LogP contribution in [0.15, 0.2) is 0 Å². The number of sulfone groups is 2. The number of hydrogen-bond acceptors (Lipinski definition) is 6. The molecular formula is C13H26N2O4S2. The largest absolute Gasteiger partial charge is 0.304 e. The first-order chi connectivity index (χ1) is 9.42. The van der Waals surface area contributed by atoms with Gasteiger partial charge in [0.05, 0.1) is 16.3 Å². The molecule has 1 unspecified atom stereocenters. The molecule has 2 rings (SSSR count). The lowest BCUT2D eigenvalue weighted by molar-refractivity contribution is 0.175. The summed E-state index contributed by atoms with van der Waals surface area (Å²) < 4.78 is 48.2. The third-order valence-electron chi connectivity index (χ3n) is 4.70. The molecule has 2 fully saturated rings. The first-order valence-electron chi connectivity index (χ1n) is 7.26. The van der Waals surface area contributed by atoms with E-state index in [0.29, 0.717) is 32.6 Å². The van der Waals surface area contributed by atoms with Gasteiger partial charge in [-0.3, -0.25) is 4.90 Å². The Morgan fingerprint density at radius 1 is 1.05 bits per heavy atom. The molecule has 0 radical (unpaired) electrons. The highest BCUT2D eigenvalue weighted by atomic mass is 32.2. The summed E-state index contributed by atoms with van der Waals surface area (Å²) in [6.07, 6.45) is 1.85. The van der Waals surface area contributed by atoms with Gasteiger partial charge in [-0.05, 0) is 27.3 Å². The molecule has 1 atom stereocenters. The van der Waals surface area contributed by atoms with E-state index in [1.165, 1.54) is 6.26 Å². The van der Waals surface area contributed by atoms with Gasteiger partial charge in [-0.25, -0.2) is 16.8 Å². The van der Waals surface area contributed by atoms with Crippen molar-refractivity contribution in [3.63, 3.8) is 0 Å². The average molecular weight is 338 g/mol. The van der Waals surface area contributed by atoms with Crippen molar-refractivity contribution < 1.29 is 16.8 Å². The Morgan fingerprint density at radius 2 is 1.62 bits per heavy atom. The van der Waals surface area contributed by atoms with E-state index in [1.807, 2.05) is 30.7 Å². The Balaban J connectivity index is 2.02. The lowest BCUT2D eigenvalue weighted by Crippen LogP contribution is -2.57. The van der Waals surface area contributed by atoms with Gasteiger partial charge in [-0.1, -0.05) is 0 Å². The molecule has 0 saturated carbocycles. The van der Waals surface area contributed by atoms with Gasteiger partial charge in [-0.15, -0.1) is 0 Å². The predicted octanol–water partition coefficient (Wildman–Crippen LogP) is -0.387. The summed E-state index contributed by atoms with van der Waals surface area (Å²) in [5.74, 6) is 0.0923. The standard InChI is InChI=1S/C13H26N2O4S2/c1-13(2,10-21(18,19)12-7-14(3)8-12)15-6-5-11(9-15)20(4,16)17/h11-12H,5-10H2,1-4H3. The average Bonchev–Trinajstić information content (AvgIpc) is 2.72. The van der Waals surface area contributed by atoms with Crippen molar-refractivity contribution >= 4 is 19.7 Å². The van der Waals surface area contributed by atoms with E-state index in [4.69, 9.17) is 0 Å². The van der Waals surface area contributed by atoms with Gasteiger partial charge >= 0.3 is 0 Å². The zero-order chi connectivity index (χ0) is 16.1. The van der Waals surface area contributed by atoms with Crippen LogP contribution in [0.5, 0.6) is 0 Å². The maximum atomic E-state index is 12.4. The molecule has 0 spiro atoms. The zero-order valence-electron chi connectivity index (χ0n) is 13.2. The summed E-state index contributed by atoms with van der Waals surface area (Å²) in [5, 5.41) is -0.635. The molecule has 2 heterocycles. The molecule has 8 heteroatoms. The van der Waals surface area contributed by atoms with Gasteiger partial charge < -0.3 is 4.90 Å². The molecule has 0 amide bonds. The summed E-state index contributed by atoms with van der Waals surface area (Å²) in [5.41, 5.74) is -0.521. The van der Waals surface area contributed by atoms with Crippen LogP contribution in [0.1, 0.15) is 20.3 Å². The lowest BCUT2D eigenvalue weighted by Gasteiger charge is -2.40. The Hall–Kier alpha value is -0.180. The molecular weight excluding hydrogens is 312 g/mol. The second-order valence-electron chi connectivity index (χ2n) is 7.15. The van der Waals surface area contributed by atoms with Crippen LogP contribution in [0.2, 0.25) is 0 Å². The van der Waals surface area contributed by atoms with E-state index in [-0.39, 0.29) is 16.3 Å². The van der Waals surface area contributed by atoms with Crippen LogP contribution in [0.25, 0.3) is 0 Å². The van der Waals surface area contributed by atoms with Crippen LogP contribution in [-0.4, -0.2) is 87.9 Å². The summed E-state index contributed by atoms with van der Waals surface area (Å²) in [4.78, 5) is 4.00. The van der Waals surface area contributed by atoms with Crippen molar-refractivity contribution in [3.05, 3.63) is 0 Å². The Labute approximate surface area is 128 Å². The highest BCUT2D eigenvalue weighted by Crippen LogP contribution is 2.28. The van der Waals surface area contributed by atoms with Gasteiger partial charge in [0.2, 0.25) is 0 Å². The van der Waals surface area contributed by atoms with E-state index in [9.17, 15) is 16.8 Å². The van der Waals surface area contributed by atoms with Crippen molar-refractivity contribution in [2.75, 3.05) is 45.2 Å². The fourth-order valence-electron chi connectivity index (χ4n) is 3.20. The van der Waals surface area contributed by atoms with Crippen LogP contribution < -0.4 is 0 Å². The second-order valence-corrected chi connectivity index (χ2v) is 11.8. The third-order valence-corrected chi connectivity index (χ3v) is 8.72. The highest BCUT2D eigenvalue weighted by Gasteiger charge is 2.43. The smallest absolute Gasteiger partial charge is 0.157 e. The monoisotopic (exact) mass is 338 g/mol. The number of likely N-dealkylation sites (tertiary alicyclic amines) is 2. The van der Waals surface area contributed by atoms with E-state index in [1.54, 1.807) is 0 Å². The fraction of sp³-hybridized carbons (Fsp3) is 1.00. The van der Waals surface area contributed by atoms with Gasteiger partial charge in [0.15, 0.2) is 19.7 Å². The molecule has 2 aliphatic rings. The first-order valence-corrected chi connectivity index (χ1v) is 10.9. The topological polar surface area (TPSA) is 74.8 Å². The van der Waals surface area contributed by atoms with Crippen molar-refractivity contribution in [2.45, 2.75) is 36.3 Å². The molecule has 2 saturated heterocycles. The van der Waals surface area contributed by atoms with Crippen molar-refractivity contribution in [1.82, 2.24) is 9.80 Å². The minimum Gasteiger partial charge on any atom is -0.304 e. The summed E-state index contributed by atoms with van der Waals surface area (Å²) >= 11 is 0. The van der Waals surface area contributed by atoms with Gasteiger partial charge in [0.25, 0.3) is 0 Å². The zero-order valence-corrected chi connectivity index (χ0v) is 14.9. The Kier molecular flexibility index (Phi) is 4.48. The fourth-order valence-corrected chi connectivity index (χ4v) is 6.55. The predicted molar refractivity (Wildman–Crippen MR) is 84.0 cm³/mol. The molecule has 21 heavy (non-hydrogen) atoms. The Morgan fingerprint density at radius 3 is 2.05 bits per heavy atom. The van der Waals surface area contributed by atoms with Crippen molar-refractivity contribution in [1.29, 1.82) is 0 Å². The van der Waals surface area contributed by atoms with Gasteiger partial charge in [0, 0.05) is 38.0 Å². The minimum atomic E-state index is -3.14. The molecule has 0 aromatic heterocycles. The van der Waals surface area contributed by atoms with Crippen LogP contribution in [0.4, 0.5) is 0 Å². The van der Waals surface area contributed by atoms with E-state index in [2.05, 4.69) is 0 Å².